The summed E-state index contributed by atoms with van der Waals surface area (Å²) >= 11 is 0. The van der Waals surface area contributed by atoms with Crippen molar-refractivity contribution in [3.63, 3.8) is 0 Å². The summed E-state index contributed by atoms with van der Waals surface area (Å²) < 4.78 is 1.96. The largest absolute Gasteiger partial charge is 0.272 e. The lowest BCUT2D eigenvalue weighted by molar-refractivity contribution is 0.666. The van der Waals surface area contributed by atoms with E-state index in [9.17, 15) is 0 Å². The molecule has 0 bridgehead atoms. The molecule has 0 amide bonds. The van der Waals surface area contributed by atoms with Gasteiger partial charge in [-0.05, 0) is 31.7 Å². The third-order valence-corrected chi connectivity index (χ3v) is 2.62. The van der Waals surface area contributed by atoms with Crippen LogP contribution in [0.15, 0.2) is 18.2 Å². The number of aryl methyl sites for hydroxylation is 3. The third kappa shape index (κ3) is 2.72. The van der Waals surface area contributed by atoms with Gasteiger partial charge in [-0.25, -0.2) is 0 Å². The van der Waals surface area contributed by atoms with E-state index in [1.165, 1.54) is 11.3 Å². The molecular weight excluding hydrogens is 172 g/mol. The maximum atomic E-state index is 4.32. The molecule has 0 spiro atoms. The molecule has 0 unspecified atom stereocenters. The molecule has 2 nitrogen and oxygen atoms in total. The first-order chi connectivity index (χ1) is 6.50. The molecule has 14 heavy (non-hydrogen) atoms. The van der Waals surface area contributed by atoms with Gasteiger partial charge in [0.2, 0.25) is 0 Å². The van der Waals surface area contributed by atoms with E-state index in [0.29, 0.717) is 5.92 Å². The van der Waals surface area contributed by atoms with Crippen molar-refractivity contribution in [1.82, 2.24) is 9.78 Å². The summed E-state index contributed by atoms with van der Waals surface area (Å²) in [6.07, 6.45) is 2.12. The zero-order valence-corrected chi connectivity index (χ0v) is 9.67. The minimum Gasteiger partial charge on any atom is -0.272 e. The smallest absolute Gasteiger partial charge is 0.0596 e. The van der Waals surface area contributed by atoms with Crippen LogP contribution < -0.4 is 0 Å². The van der Waals surface area contributed by atoms with E-state index >= 15 is 0 Å². The monoisotopic (exact) mass is 192 g/mol. The van der Waals surface area contributed by atoms with Gasteiger partial charge in [0.05, 0.1) is 5.69 Å². The van der Waals surface area contributed by atoms with Crippen LogP contribution in [0.3, 0.4) is 0 Å². The van der Waals surface area contributed by atoms with Crippen LogP contribution in [0.5, 0.6) is 0 Å². The van der Waals surface area contributed by atoms with Crippen molar-refractivity contribution >= 4 is 0 Å². The summed E-state index contributed by atoms with van der Waals surface area (Å²) in [5.74, 6) is 0.587. The van der Waals surface area contributed by atoms with E-state index in [-0.39, 0.29) is 0 Å². The van der Waals surface area contributed by atoms with Gasteiger partial charge < -0.3 is 0 Å². The molecule has 1 rings (SSSR count). The second-order valence-electron chi connectivity index (χ2n) is 4.21. The molecule has 0 fully saturated rings. The lowest BCUT2D eigenvalue weighted by Crippen LogP contribution is -2.00. The minimum absolute atomic E-state index is 0.587. The van der Waals surface area contributed by atoms with E-state index in [4.69, 9.17) is 0 Å². The highest BCUT2D eigenvalue weighted by Crippen LogP contribution is 2.15. The molecule has 0 aliphatic heterocycles. The molecule has 78 valence electrons. The molecule has 0 saturated heterocycles. The Morgan fingerprint density at radius 3 is 2.64 bits per heavy atom. The molecular formula is C12H20N2. The van der Waals surface area contributed by atoms with Crippen LogP contribution in [0.4, 0.5) is 0 Å². The highest BCUT2D eigenvalue weighted by molar-refractivity contribution is 5.11. The standard InChI is InChI=1S/C12H20N2/c1-9(2)10(3)6-7-12-8-11(4)13-14(12)5/h8-9H,3,6-7H2,1-2,4-5H3. The number of hydrogen-bond acceptors (Lipinski definition) is 1. The van der Waals surface area contributed by atoms with Gasteiger partial charge in [0, 0.05) is 12.7 Å². The Balaban J connectivity index is 2.54. The molecule has 2 heteroatoms. The second kappa shape index (κ2) is 4.45. The predicted molar refractivity (Wildman–Crippen MR) is 60.2 cm³/mol. The molecule has 0 aliphatic carbocycles. The van der Waals surface area contributed by atoms with Gasteiger partial charge in [0.1, 0.15) is 0 Å². The Bertz CT molecular complexity index is 321. The Morgan fingerprint density at radius 1 is 1.57 bits per heavy atom. The SMILES string of the molecule is C=C(CCc1cc(C)nn1C)C(C)C. The Hall–Kier alpha value is -1.05. The minimum atomic E-state index is 0.587. The summed E-state index contributed by atoms with van der Waals surface area (Å²) in [7, 11) is 2.00. The third-order valence-electron chi connectivity index (χ3n) is 2.62. The van der Waals surface area contributed by atoms with Gasteiger partial charge >= 0.3 is 0 Å². The van der Waals surface area contributed by atoms with Crippen molar-refractivity contribution in [2.45, 2.75) is 33.6 Å². The van der Waals surface area contributed by atoms with E-state index in [2.05, 4.69) is 31.6 Å². The van der Waals surface area contributed by atoms with Crippen LogP contribution in [-0.2, 0) is 13.5 Å². The van der Waals surface area contributed by atoms with Crippen molar-refractivity contribution in [2.24, 2.45) is 13.0 Å². The second-order valence-corrected chi connectivity index (χ2v) is 4.21. The summed E-state index contributed by atoms with van der Waals surface area (Å²) in [4.78, 5) is 0. The first-order valence-corrected chi connectivity index (χ1v) is 5.18. The molecule has 1 heterocycles. The van der Waals surface area contributed by atoms with Gasteiger partial charge in [-0.2, -0.15) is 5.10 Å². The number of nitrogens with zero attached hydrogens (tertiary/aromatic N) is 2. The fraction of sp³-hybridized carbons (Fsp3) is 0.583. The molecule has 0 N–H and O–H groups in total. The average Bonchev–Trinajstić information content (AvgIpc) is 2.40. The lowest BCUT2D eigenvalue weighted by Gasteiger charge is -2.08. The van der Waals surface area contributed by atoms with Crippen LogP contribution in [0.25, 0.3) is 0 Å². The van der Waals surface area contributed by atoms with Crippen LogP contribution in [0.1, 0.15) is 31.7 Å². The highest BCUT2D eigenvalue weighted by atomic mass is 15.3. The molecule has 0 aliphatic rings. The molecule has 0 aromatic carbocycles. The van der Waals surface area contributed by atoms with Gasteiger partial charge in [-0.1, -0.05) is 26.0 Å². The van der Waals surface area contributed by atoms with E-state index < -0.39 is 0 Å². The molecule has 0 saturated carbocycles. The number of aromatic nitrogens is 2. The van der Waals surface area contributed by atoms with Crippen molar-refractivity contribution in [3.05, 3.63) is 29.6 Å². The summed E-state index contributed by atoms with van der Waals surface area (Å²) in [6, 6.07) is 2.15. The van der Waals surface area contributed by atoms with Gasteiger partial charge in [-0.3, -0.25) is 4.68 Å². The van der Waals surface area contributed by atoms with Crippen molar-refractivity contribution < 1.29 is 0 Å². The fourth-order valence-electron chi connectivity index (χ4n) is 1.48. The summed E-state index contributed by atoms with van der Waals surface area (Å²) in [6.45, 7) is 10.5. The molecule has 1 aromatic heterocycles. The quantitative estimate of drug-likeness (QED) is 0.671. The number of rotatable bonds is 4. The zero-order valence-electron chi connectivity index (χ0n) is 9.67. The van der Waals surface area contributed by atoms with Crippen molar-refractivity contribution in [1.29, 1.82) is 0 Å². The van der Waals surface area contributed by atoms with E-state index in [1.54, 1.807) is 0 Å². The van der Waals surface area contributed by atoms with Crippen molar-refractivity contribution in [2.75, 3.05) is 0 Å². The summed E-state index contributed by atoms with van der Waals surface area (Å²) in [5, 5.41) is 4.32. The number of allylic oxidation sites excluding steroid dienone is 1. The van der Waals surface area contributed by atoms with Crippen LogP contribution >= 0.6 is 0 Å². The first-order valence-electron chi connectivity index (χ1n) is 5.18. The first kappa shape index (κ1) is 11.0. The zero-order chi connectivity index (χ0) is 10.7. The van der Waals surface area contributed by atoms with Crippen LogP contribution in [0, 0.1) is 12.8 Å². The van der Waals surface area contributed by atoms with Gasteiger partial charge in [-0.15, -0.1) is 0 Å². The average molecular weight is 192 g/mol. The highest BCUT2D eigenvalue weighted by Gasteiger charge is 2.04. The van der Waals surface area contributed by atoms with Crippen LogP contribution in [-0.4, -0.2) is 9.78 Å². The molecule has 0 radical (unpaired) electrons. The Labute approximate surface area is 86.6 Å². The topological polar surface area (TPSA) is 17.8 Å². The summed E-state index contributed by atoms with van der Waals surface area (Å²) in [5.41, 5.74) is 3.71. The van der Waals surface area contributed by atoms with Crippen molar-refractivity contribution in [3.8, 4) is 0 Å². The molecule has 0 atom stereocenters. The Morgan fingerprint density at radius 2 is 2.21 bits per heavy atom. The molecule has 1 aromatic rings. The van der Waals surface area contributed by atoms with Crippen LogP contribution in [0.2, 0.25) is 0 Å². The van der Waals surface area contributed by atoms with Gasteiger partial charge in [0.15, 0.2) is 0 Å². The lowest BCUT2D eigenvalue weighted by atomic mass is 9.99. The number of hydrogen-bond donors (Lipinski definition) is 0. The Kier molecular flexibility index (Phi) is 3.50. The predicted octanol–water partition coefficient (Wildman–Crippen LogP) is 2.87. The fourth-order valence-corrected chi connectivity index (χ4v) is 1.48. The van der Waals surface area contributed by atoms with Gasteiger partial charge in [0.25, 0.3) is 0 Å². The van der Waals surface area contributed by atoms with E-state index in [1.807, 2.05) is 18.7 Å². The maximum Gasteiger partial charge on any atom is 0.0596 e. The van der Waals surface area contributed by atoms with E-state index in [0.717, 1.165) is 18.5 Å². The normalized spacial score (nSPS) is 10.9. The maximum absolute atomic E-state index is 4.32.